The molecule has 1 amide bonds. The fourth-order valence-electron chi connectivity index (χ4n) is 4.10. The van der Waals surface area contributed by atoms with Crippen molar-refractivity contribution >= 4 is 11.6 Å². The summed E-state index contributed by atoms with van der Waals surface area (Å²) in [5, 5.41) is 12.2. The minimum absolute atomic E-state index is 0.0139. The molecule has 1 heterocycles. The van der Waals surface area contributed by atoms with E-state index in [0.29, 0.717) is 26.2 Å². The fourth-order valence-corrected chi connectivity index (χ4v) is 4.10. The van der Waals surface area contributed by atoms with Crippen LogP contribution < -0.4 is 5.32 Å². The zero-order chi connectivity index (χ0) is 24.7. The summed E-state index contributed by atoms with van der Waals surface area (Å²) in [6, 6.07) is 13.4. The number of rotatable bonds is 9. The maximum Gasteiger partial charge on any atom is 0.416 e. The van der Waals surface area contributed by atoms with Gasteiger partial charge in [-0.15, -0.1) is 0 Å². The standard InChI is InChI=1S/C25H30F3N5O/c1-31(2)14-15-33(18-20-6-3-4-8-22(20)25(26,27)28)24(34)16-30-23-9-5-7-19-17-32(13-11-29)12-10-21(19)23/h3-9,30H,10,12-18H2,1-2H3. The third kappa shape index (κ3) is 6.72. The van der Waals surface area contributed by atoms with Crippen LogP contribution in [-0.4, -0.2) is 67.4 Å². The summed E-state index contributed by atoms with van der Waals surface area (Å²) in [7, 11) is 3.72. The molecule has 0 unspecified atom stereocenters. The van der Waals surface area contributed by atoms with Crippen molar-refractivity contribution in [2.75, 3.05) is 52.1 Å². The molecule has 0 spiro atoms. The number of nitriles is 1. The summed E-state index contributed by atoms with van der Waals surface area (Å²) in [6.45, 7) is 2.53. The largest absolute Gasteiger partial charge is 0.416 e. The lowest BCUT2D eigenvalue weighted by molar-refractivity contribution is -0.139. The smallest absolute Gasteiger partial charge is 0.376 e. The van der Waals surface area contributed by atoms with Crippen LogP contribution in [0.4, 0.5) is 18.9 Å². The average Bonchev–Trinajstić information content (AvgIpc) is 2.79. The molecule has 2 aromatic carbocycles. The molecule has 1 aliphatic heterocycles. The van der Waals surface area contributed by atoms with Crippen LogP contribution in [0, 0.1) is 11.3 Å². The van der Waals surface area contributed by atoms with Crippen molar-refractivity contribution in [2.45, 2.75) is 25.7 Å². The predicted octanol–water partition coefficient (Wildman–Crippen LogP) is 3.59. The third-order valence-corrected chi connectivity index (χ3v) is 5.92. The number of hydrogen-bond acceptors (Lipinski definition) is 5. The van der Waals surface area contributed by atoms with E-state index < -0.39 is 11.7 Å². The van der Waals surface area contributed by atoms with Gasteiger partial charge in [0.2, 0.25) is 5.91 Å². The van der Waals surface area contributed by atoms with Crippen molar-refractivity contribution < 1.29 is 18.0 Å². The SMILES string of the molecule is CN(C)CCN(Cc1ccccc1C(F)(F)F)C(=O)CNc1cccc2c1CCN(CC#N)C2. The highest BCUT2D eigenvalue weighted by Gasteiger charge is 2.33. The van der Waals surface area contributed by atoms with Crippen molar-refractivity contribution in [3.05, 3.63) is 64.7 Å². The van der Waals surface area contributed by atoms with Crippen molar-refractivity contribution in [2.24, 2.45) is 0 Å². The number of anilines is 1. The lowest BCUT2D eigenvalue weighted by Gasteiger charge is -2.29. The third-order valence-electron chi connectivity index (χ3n) is 5.92. The molecule has 0 bridgehead atoms. The van der Waals surface area contributed by atoms with E-state index in [0.717, 1.165) is 35.8 Å². The molecule has 0 saturated heterocycles. The molecule has 1 aliphatic rings. The molecular formula is C25H30F3N5O. The second kappa shape index (κ2) is 11.4. The van der Waals surface area contributed by atoms with Crippen molar-refractivity contribution in [1.29, 1.82) is 5.26 Å². The van der Waals surface area contributed by atoms with Gasteiger partial charge in [-0.05, 0) is 49.3 Å². The van der Waals surface area contributed by atoms with Crippen LogP contribution in [0.15, 0.2) is 42.5 Å². The number of likely N-dealkylation sites (N-methyl/N-ethyl adjacent to an activating group) is 1. The number of fused-ring (bicyclic) bond motifs is 1. The normalized spacial score (nSPS) is 13.9. The quantitative estimate of drug-likeness (QED) is 0.564. The number of halogens is 3. The van der Waals surface area contributed by atoms with Crippen molar-refractivity contribution in [3.63, 3.8) is 0 Å². The summed E-state index contributed by atoms with van der Waals surface area (Å²) >= 11 is 0. The van der Waals surface area contributed by atoms with E-state index in [2.05, 4.69) is 16.3 Å². The first-order valence-electron chi connectivity index (χ1n) is 11.2. The highest BCUT2D eigenvalue weighted by molar-refractivity contribution is 5.81. The van der Waals surface area contributed by atoms with Gasteiger partial charge in [-0.2, -0.15) is 18.4 Å². The van der Waals surface area contributed by atoms with Crippen LogP contribution in [0.25, 0.3) is 0 Å². The maximum atomic E-state index is 13.5. The number of benzene rings is 2. The van der Waals surface area contributed by atoms with Crippen LogP contribution in [0.5, 0.6) is 0 Å². The van der Waals surface area contributed by atoms with Crippen LogP contribution in [-0.2, 0) is 30.5 Å². The number of nitrogens with zero attached hydrogens (tertiary/aromatic N) is 4. The minimum Gasteiger partial charge on any atom is -0.376 e. The molecule has 9 heteroatoms. The summed E-state index contributed by atoms with van der Waals surface area (Å²) in [4.78, 5) is 18.6. The lowest BCUT2D eigenvalue weighted by Crippen LogP contribution is -2.40. The highest BCUT2D eigenvalue weighted by Crippen LogP contribution is 2.32. The second-order valence-corrected chi connectivity index (χ2v) is 8.69. The molecule has 0 fully saturated rings. The summed E-state index contributed by atoms with van der Waals surface area (Å²) in [6.07, 6.45) is -3.72. The van der Waals surface area contributed by atoms with E-state index in [1.54, 1.807) is 6.07 Å². The topological polar surface area (TPSA) is 62.6 Å². The predicted molar refractivity (Wildman–Crippen MR) is 125 cm³/mol. The Labute approximate surface area is 198 Å². The first-order valence-corrected chi connectivity index (χ1v) is 11.2. The van der Waals surface area contributed by atoms with E-state index in [9.17, 15) is 18.0 Å². The molecule has 1 N–H and O–H groups in total. The van der Waals surface area contributed by atoms with E-state index in [-0.39, 0.29) is 24.6 Å². The van der Waals surface area contributed by atoms with Gasteiger partial charge in [0.05, 0.1) is 24.7 Å². The van der Waals surface area contributed by atoms with Gasteiger partial charge in [0.1, 0.15) is 0 Å². The monoisotopic (exact) mass is 473 g/mol. The van der Waals surface area contributed by atoms with Crippen molar-refractivity contribution in [1.82, 2.24) is 14.7 Å². The van der Waals surface area contributed by atoms with Crippen molar-refractivity contribution in [3.8, 4) is 6.07 Å². The summed E-state index contributed by atoms with van der Waals surface area (Å²) < 4.78 is 40.4. The van der Waals surface area contributed by atoms with Gasteiger partial charge in [-0.1, -0.05) is 30.3 Å². The summed E-state index contributed by atoms with van der Waals surface area (Å²) in [5.41, 5.74) is 2.45. The first-order chi connectivity index (χ1) is 16.2. The van der Waals surface area contributed by atoms with E-state index >= 15 is 0 Å². The molecule has 0 radical (unpaired) electrons. The van der Waals surface area contributed by atoms with Gasteiger partial charge in [-0.25, -0.2) is 0 Å². The van der Waals surface area contributed by atoms with Gasteiger partial charge in [0, 0.05) is 38.4 Å². The molecule has 3 rings (SSSR count). The zero-order valence-electron chi connectivity index (χ0n) is 19.5. The number of alkyl halides is 3. The van der Waals surface area contributed by atoms with E-state index in [1.807, 2.05) is 37.2 Å². The first kappa shape index (κ1) is 25.5. The number of amides is 1. The molecule has 0 saturated carbocycles. The molecule has 6 nitrogen and oxygen atoms in total. The molecule has 0 aromatic heterocycles. The molecule has 0 aliphatic carbocycles. The average molecular weight is 474 g/mol. The van der Waals surface area contributed by atoms with Crippen LogP contribution in [0.3, 0.4) is 0 Å². The Morgan fingerprint density at radius 1 is 1.15 bits per heavy atom. The Morgan fingerprint density at radius 2 is 1.91 bits per heavy atom. The second-order valence-electron chi connectivity index (χ2n) is 8.69. The molecule has 182 valence electrons. The summed E-state index contributed by atoms with van der Waals surface area (Å²) in [5.74, 6) is -0.265. The van der Waals surface area contributed by atoms with Gasteiger partial charge < -0.3 is 15.1 Å². The van der Waals surface area contributed by atoms with Gasteiger partial charge >= 0.3 is 6.18 Å². The number of carbonyl (C=O) groups is 1. The van der Waals surface area contributed by atoms with Crippen LogP contribution in [0.1, 0.15) is 22.3 Å². The Kier molecular flexibility index (Phi) is 8.53. The van der Waals surface area contributed by atoms with Crippen LogP contribution >= 0.6 is 0 Å². The highest BCUT2D eigenvalue weighted by atomic mass is 19.4. The molecule has 34 heavy (non-hydrogen) atoms. The molecule has 0 atom stereocenters. The van der Waals surface area contributed by atoms with Gasteiger partial charge in [0.25, 0.3) is 0 Å². The minimum atomic E-state index is -4.48. The molecular weight excluding hydrogens is 443 g/mol. The Bertz CT molecular complexity index is 1030. The molecule has 2 aromatic rings. The van der Waals surface area contributed by atoms with E-state index in [4.69, 9.17) is 5.26 Å². The maximum absolute atomic E-state index is 13.5. The number of hydrogen-bond donors (Lipinski definition) is 1. The Balaban J connectivity index is 1.73. The number of carbonyl (C=O) groups excluding carboxylic acids is 1. The Hall–Kier alpha value is -3.09. The Morgan fingerprint density at radius 3 is 2.62 bits per heavy atom. The number of nitrogens with one attached hydrogen (secondary N) is 1. The van der Waals surface area contributed by atoms with Crippen LogP contribution in [0.2, 0.25) is 0 Å². The van der Waals surface area contributed by atoms with Gasteiger partial charge in [0.15, 0.2) is 0 Å². The fraction of sp³-hybridized carbons (Fsp3) is 0.440. The van der Waals surface area contributed by atoms with E-state index in [1.165, 1.54) is 17.0 Å². The lowest BCUT2D eigenvalue weighted by atomic mass is 9.97. The zero-order valence-corrected chi connectivity index (χ0v) is 19.5. The van der Waals surface area contributed by atoms with Gasteiger partial charge in [-0.3, -0.25) is 9.69 Å².